The van der Waals surface area contributed by atoms with Gasteiger partial charge in [0.2, 0.25) is 0 Å². The van der Waals surface area contributed by atoms with Crippen molar-refractivity contribution in [2.45, 2.75) is 66.2 Å². The van der Waals surface area contributed by atoms with Gasteiger partial charge in [-0.15, -0.1) is 0 Å². The van der Waals surface area contributed by atoms with E-state index >= 15 is 0 Å². The van der Waals surface area contributed by atoms with Crippen molar-refractivity contribution in [1.82, 2.24) is 0 Å². The molecule has 1 N–H and O–H groups in total. The molecule has 0 radical (unpaired) electrons. The molecule has 4 atom stereocenters. The molecule has 22 heavy (non-hydrogen) atoms. The van der Waals surface area contributed by atoms with E-state index in [1.54, 1.807) is 5.57 Å². The van der Waals surface area contributed by atoms with Crippen molar-refractivity contribution in [2.75, 3.05) is 0 Å². The van der Waals surface area contributed by atoms with Gasteiger partial charge in [0, 0.05) is 0 Å². The first kappa shape index (κ1) is 15.8. The van der Waals surface area contributed by atoms with Crippen LogP contribution in [0.1, 0.15) is 66.2 Å². The van der Waals surface area contributed by atoms with Gasteiger partial charge in [-0.25, -0.2) is 0 Å². The van der Waals surface area contributed by atoms with E-state index in [2.05, 4.69) is 32.9 Å². The van der Waals surface area contributed by atoms with Crippen LogP contribution in [0.4, 0.5) is 0 Å². The third kappa shape index (κ3) is 2.18. The van der Waals surface area contributed by atoms with Crippen molar-refractivity contribution in [1.29, 1.82) is 0 Å². The molecule has 3 rings (SSSR count). The van der Waals surface area contributed by atoms with E-state index in [4.69, 9.17) is 0 Å². The summed E-state index contributed by atoms with van der Waals surface area (Å²) in [6, 6.07) is 0. The van der Waals surface area contributed by atoms with Gasteiger partial charge in [-0.2, -0.15) is 0 Å². The van der Waals surface area contributed by atoms with E-state index < -0.39 is 11.4 Å². The highest BCUT2D eigenvalue weighted by Crippen LogP contribution is 2.62. The lowest BCUT2D eigenvalue weighted by molar-refractivity contribution is -0.162. The molecular formula is C20H30O2. The summed E-state index contributed by atoms with van der Waals surface area (Å²) in [6.45, 7) is 8.93. The minimum absolute atomic E-state index is 0.161. The largest absolute Gasteiger partial charge is 0.481 e. The Hall–Kier alpha value is -1.05. The number of allylic oxidation sites excluding steroid dienone is 4. The predicted molar refractivity (Wildman–Crippen MR) is 89.5 cm³/mol. The molecule has 0 aliphatic heterocycles. The molecule has 0 unspecified atom stereocenters. The van der Waals surface area contributed by atoms with Gasteiger partial charge in [0.15, 0.2) is 0 Å². The molecule has 0 bridgehead atoms. The van der Waals surface area contributed by atoms with Gasteiger partial charge in [0.05, 0.1) is 5.41 Å². The van der Waals surface area contributed by atoms with Crippen LogP contribution in [-0.2, 0) is 4.79 Å². The minimum atomic E-state index is -0.588. The van der Waals surface area contributed by atoms with Crippen LogP contribution in [-0.4, -0.2) is 11.1 Å². The summed E-state index contributed by atoms with van der Waals surface area (Å²) in [6.07, 6.45) is 11.2. The van der Waals surface area contributed by atoms with Gasteiger partial charge < -0.3 is 5.11 Å². The second-order valence-electron chi connectivity index (χ2n) is 8.54. The summed E-state index contributed by atoms with van der Waals surface area (Å²) in [7, 11) is 0. The average Bonchev–Trinajstić information content (AvgIpc) is 2.46. The number of carboxylic acid groups (broad SMARTS) is 1. The van der Waals surface area contributed by atoms with Gasteiger partial charge in [0.25, 0.3) is 0 Å². The highest BCUT2D eigenvalue weighted by molar-refractivity contribution is 5.75. The average molecular weight is 302 g/mol. The van der Waals surface area contributed by atoms with Crippen LogP contribution in [0.25, 0.3) is 0 Å². The normalized spacial score (nSPS) is 41.3. The summed E-state index contributed by atoms with van der Waals surface area (Å²) in [5, 5.41) is 9.83. The van der Waals surface area contributed by atoms with E-state index in [-0.39, 0.29) is 11.3 Å². The smallest absolute Gasteiger partial charge is 0.309 e. The van der Waals surface area contributed by atoms with E-state index in [0.717, 1.165) is 19.3 Å². The number of rotatable bonds is 2. The monoisotopic (exact) mass is 302 g/mol. The highest BCUT2D eigenvalue weighted by atomic mass is 16.4. The molecule has 0 aromatic heterocycles. The molecule has 0 aromatic carbocycles. The van der Waals surface area contributed by atoms with Crippen molar-refractivity contribution in [3.63, 3.8) is 0 Å². The molecule has 2 nitrogen and oxygen atoms in total. The molecule has 3 aliphatic carbocycles. The molecular weight excluding hydrogens is 272 g/mol. The van der Waals surface area contributed by atoms with E-state index in [0.29, 0.717) is 11.8 Å². The second-order valence-corrected chi connectivity index (χ2v) is 8.54. The predicted octanol–water partition coefficient (Wildman–Crippen LogP) is 5.21. The van der Waals surface area contributed by atoms with Crippen LogP contribution in [0.15, 0.2) is 23.3 Å². The molecule has 2 heteroatoms. The fourth-order valence-corrected chi connectivity index (χ4v) is 5.60. The number of carboxylic acids is 1. The Morgan fingerprint density at radius 2 is 2.05 bits per heavy atom. The lowest BCUT2D eigenvalue weighted by atomic mass is 9.47. The van der Waals surface area contributed by atoms with Crippen LogP contribution >= 0.6 is 0 Å². The Labute approximate surface area is 134 Å². The van der Waals surface area contributed by atoms with Crippen molar-refractivity contribution >= 4 is 5.97 Å². The first-order chi connectivity index (χ1) is 10.3. The van der Waals surface area contributed by atoms with E-state index in [1.807, 2.05) is 6.92 Å². The van der Waals surface area contributed by atoms with Crippen molar-refractivity contribution in [3.8, 4) is 0 Å². The summed E-state index contributed by atoms with van der Waals surface area (Å²) >= 11 is 0. The summed E-state index contributed by atoms with van der Waals surface area (Å²) in [5.41, 5.74) is 2.69. The van der Waals surface area contributed by atoms with Crippen LogP contribution in [0.5, 0.6) is 0 Å². The lowest BCUT2D eigenvalue weighted by Gasteiger charge is -2.57. The molecule has 122 valence electrons. The zero-order chi connectivity index (χ0) is 16.1. The zero-order valence-corrected chi connectivity index (χ0v) is 14.5. The summed E-state index contributed by atoms with van der Waals surface area (Å²) < 4.78 is 0. The summed E-state index contributed by atoms with van der Waals surface area (Å²) in [4.78, 5) is 11.9. The van der Waals surface area contributed by atoms with Gasteiger partial charge >= 0.3 is 5.97 Å². The molecule has 0 saturated heterocycles. The number of carbonyl (C=O) groups is 1. The molecule has 0 aromatic rings. The Balaban J connectivity index is 2.00. The fraction of sp³-hybridized carbons (Fsp3) is 0.750. The summed E-state index contributed by atoms with van der Waals surface area (Å²) in [5.74, 6) is 0.888. The van der Waals surface area contributed by atoms with Gasteiger partial charge in [-0.05, 0) is 67.8 Å². The van der Waals surface area contributed by atoms with Crippen LogP contribution < -0.4 is 0 Å². The first-order valence-electron chi connectivity index (χ1n) is 8.93. The van der Waals surface area contributed by atoms with Gasteiger partial charge in [-0.3, -0.25) is 4.79 Å². The Morgan fingerprint density at radius 3 is 2.68 bits per heavy atom. The van der Waals surface area contributed by atoms with Crippen LogP contribution in [0, 0.1) is 28.6 Å². The maximum absolute atomic E-state index is 11.9. The van der Waals surface area contributed by atoms with E-state index in [1.165, 1.54) is 24.8 Å². The molecule has 3 aliphatic rings. The minimum Gasteiger partial charge on any atom is -0.481 e. The maximum atomic E-state index is 11.9. The Kier molecular flexibility index (Phi) is 3.78. The van der Waals surface area contributed by atoms with Crippen molar-refractivity contribution < 1.29 is 9.90 Å². The highest BCUT2D eigenvalue weighted by Gasteiger charge is 2.57. The third-order valence-corrected chi connectivity index (χ3v) is 7.07. The third-order valence-electron chi connectivity index (χ3n) is 7.07. The Morgan fingerprint density at radius 1 is 1.32 bits per heavy atom. The second kappa shape index (κ2) is 5.25. The Bertz CT molecular complexity index is 542. The standard InChI is InChI=1S/C20H30O2/c1-13(2)14-6-8-16-15(12-14)7-9-17-19(16,3)10-5-11-20(17,4)18(21)22/h7,12-13,16-17H,5-6,8-11H2,1-4H3,(H,21,22)/t16-,17-,19-,20+/m0/s1. The van der Waals surface area contributed by atoms with Crippen LogP contribution in [0.3, 0.4) is 0 Å². The topological polar surface area (TPSA) is 37.3 Å². The van der Waals surface area contributed by atoms with Crippen molar-refractivity contribution in [3.05, 3.63) is 23.3 Å². The first-order valence-corrected chi connectivity index (χ1v) is 8.93. The fourth-order valence-electron chi connectivity index (χ4n) is 5.60. The number of fused-ring (bicyclic) bond motifs is 3. The van der Waals surface area contributed by atoms with Crippen molar-refractivity contribution in [2.24, 2.45) is 28.6 Å². The van der Waals surface area contributed by atoms with Gasteiger partial charge in [0.1, 0.15) is 0 Å². The quantitative estimate of drug-likeness (QED) is 0.760. The zero-order valence-electron chi connectivity index (χ0n) is 14.5. The van der Waals surface area contributed by atoms with Crippen LogP contribution in [0.2, 0.25) is 0 Å². The lowest BCUT2D eigenvalue weighted by Crippen LogP contribution is -2.53. The molecule has 1 fully saturated rings. The molecule has 1 saturated carbocycles. The molecule has 0 spiro atoms. The number of hydrogen-bond acceptors (Lipinski definition) is 1. The SMILES string of the molecule is CC(C)C1=CC2=CC[C@H]3[C@@](C)(CCC[C@@]3(C)C(=O)O)[C@H]2CC1. The molecule has 0 amide bonds. The van der Waals surface area contributed by atoms with E-state index in [9.17, 15) is 9.90 Å². The number of aliphatic carboxylic acids is 1. The maximum Gasteiger partial charge on any atom is 0.309 e. The number of hydrogen-bond donors (Lipinski definition) is 1. The molecule has 0 heterocycles. The van der Waals surface area contributed by atoms with Gasteiger partial charge in [-0.1, -0.05) is 44.9 Å².